The van der Waals surface area contributed by atoms with E-state index < -0.39 is 0 Å². The molecule has 2 heterocycles. The maximum atomic E-state index is 12.2. The number of carbonyl (C=O) groups excluding carboxylic acids is 1. The van der Waals surface area contributed by atoms with E-state index in [0.717, 1.165) is 31.6 Å². The fraction of sp³-hybridized carbons (Fsp3) is 0.421. The molecular formula is C19H24N4O2. The lowest BCUT2D eigenvalue weighted by molar-refractivity contribution is -0.117. The summed E-state index contributed by atoms with van der Waals surface area (Å²) >= 11 is 0. The van der Waals surface area contributed by atoms with E-state index >= 15 is 0 Å². The third-order valence-electron chi connectivity index (χ3n) is 4.42. The lowest BCUT2D eigenvalue weighted by Gasteiger charge is -2.31. The van der Waals surface area contributed by atoms with E-state index in [0.29, 0.717) is 24.9 Å². The Morgan fingerprint density at radius 3 is 2.68 bits per heavy atom. The van der Waals surface area contributed by atoms with Gasteiger partial charge in [-0.15, -0.1) is 0 Å². The standard InChI is InChI=1S/C19H24N4O2/c1-15-2-4-17(5-3-15)22-18(24)13-23-10-6-16(7-11-23)14-25-19-12-20-8-9-21-19/h2-5,8-9,12,16H,6-7,10-11,13-14H2,1H3,(H,22,24). The topological polar surface area (TPSA) is 67.4 Å². The summed E-state index contributed by atoms with van der Waals surface area (Å²) in [4.78, 5) is 22.5. The van der Waals surface area contributed by atoms with Gasteiger partial charge in [0.1, 0.15) is 0 Å². The molecule has 1 N–H and O–H groups in total. The molecular weight excluding hydrogens is 316 g/mol. The van der Waals surface area contributed by atoms with E-state index in [9.17, 15) is 4.79 Å². The first kappa shape index (κ1) is 17.4. The summed E-state index contributed by atoms with van der Waals surface area (Å²) in [5, 5.41) is 2.95. The predicted octanol–water partition coefficient (Wildman–Crippen LogP) is 2.51. The van der Waals surface area contributed by atoms with Gasteiger partial charge in [0.15, 0.2) is 0 Å². The second-order valence-corrected chi connectivity index (χ2v) is 6.49. The fourth-order valence-corrected chi connectivity index (χ4v) is 2.91. The van der Waals surface area contributed by atoms with Crippen LogP contribution in [0.5, 0.6) is 5.88 Å². The maximum Gasteiger partial charge on any atom is 0.238 e. The molecule has 0 bridgehead atoms. The Balaban J connectivity index is 1.37. The molecule has 3 rings (SSSR count). The molecule has 1 aromatic heterocycles. The van der Waals surface area contributed by atoms with Gasteiger partial charge in [-0.05, 0) is 50.9 Å². The van der Waals surface area contributed by atoms with Crippen LogP contribution in [-0.4, -0.2) is 47.0 Å². The lowest BCUT2D eigenvalue weighted by Crippen LogP contribution is -2.40. The van der Waals surface area contributed by atoms with Crippen LogP contribution >= 0.6 is 0 Å². The van der Waals surface area contributed by atoms with Crippen molar-refractivity contribution in [2.45, 2.75) is 19.8 Å². The summed E-state index contributed by atoms with van der Waals surface area (Å²) in [6.45, 7) is 4.95. The first-order valence-electron chi connectivity index (χ1n) is 8.67. The third-order valence-corrected chi connectivity index (χ3v) is 4.42. The molecule has 6 heteroatoms. The van der Waals surface area contributed by atoms with Crippen LogP contribution in [0.4, 0.5) is 5.69 Å². The second-order valence-electron chi connectivity index (χ2n) is 6.49. The molecule has 25 heavy (non-hydrogen) atoms. The predicted molar refractivity (Wildman–Crippen MR) is 96.5 cm³/mol. The zero-order chi connectivity index (χ0) is 17.5. The molecule has 0 saturated carbocycles. The van der Waals surface area contributed by atoms with Crippen LogP contribution in [0.2, 0.25) is 0 Å². The SMILES string of the molecule is Cc1ccc(NC(=O)CN2CCC(COc3cnccn3)CC2)cc1. The molecule has 1 aliphatic rings. The van der Waals surface area contributed by atoms with Crippen molar-refractivity contribution in [1.29, 1.82) is 0 Å². The molecule has 1 amide bonds. The smallest absolute Gasteiger partial charge is 0.238 e. The Morgan fingerprint density at radius 1 is 1.24 bits per heavy atom. The third kappa shape index (κ3) is 5.53. The zero-order valence-corrected chi connectivity index (χ0v) is 14.5. The second kappa shape index (κ2) is 8.58. The number of benzene rings is 1. The van der Waals surface area contributed by atoms with Crippen LogP contribution in [0, 0.1) is 12.8 Å². The molecule has 2 aromatic rings. The van der Waals surface area contributed by atoms with Gasteiger partial charge < -0.3 is 10.1 Å². The van der Waals surface area contributed by atoms with Crippen molar-refractivity contribution >= 4 is 11.6 Å². The van der Waals surface area contributed by atoms with Crippen LogP contribution in [-0.2, 0) is 4.79 Å². The first-order chi connectivity index (χ1) is 12.2. The van der Waals surface area contributed by atoms with Crippen molar-refractivity contribution in [3.63, 3.8) is 0 Å². The van der Waals surface area contributed by atoms with Gasteiger partial charge in [-0.2, -0.15) is 0 Å². The van der Waals surface area contributed by atoms with Gasteiger partial charge in [0.05, 0.1) is 19.3 Å². The van der Waals surface area contributed by atoms with Gasteiger partial charge in [-0.3, -0.25) is 14.7 Å². The Kier molecular flexibility index (Phi) is 5.95. The normalized spacial score (nSPS) is 15.7. The van der Waals surface area contributed by atoms with Crippen molar-refractivity contribution in [2.75, 3.05) is 31.6 Å². The number of likely N-dealkylation sites (tertiary alicyclic amines) is 1. The molecule has 1 aromatic carbocycles. The Bertz CT molecular complexity index is 668. The van der Waals surface area contributed by atoms with Crippen LogP contribution in [0.15, 0.2) is 42.9 Å². The number of anilines is 1. The largest absolute Gasteiger partial charge is 0.476 e. The summed E-state index contributed by atoms with van der Waals surface area (Å²) in [6, 6.07) is 7.86. The highest BCUT2D eigenvalue weighted by Gasteiger charge is 2.21. The molecule has 0 aliphatic carbocycles. The highest BCUT2D eigenvalue weighted by Crippen LogP contribution is 2.18. The number of rotatable bonds is 6. The van der Waals surface area contributed by atoms with Gasteiger partial charge in [0.25, 0.3) is 0 Å². The minimum absolute atomic E-state index is 0.0399. The van der Waals surface area contributed by atoms with Crippen LogP contribution in [0.1, 0.15) is 18.4 Å². The molecule has 0 radical (unpaired) electrons. The maximum absolute atomic E-state index is 12.2. The number of nitrogens with one attached hydrogen (secondary N) is 1. The number of piperidine rings is 1. The number of carbonyl (C=O) groups is 1. The van der Waals surface area contributed by atoms with Crippen LogP contribution in [0.3, 0.4) is 0 Å². The molecule has 132 valence electrons. The molecule has 0 atom stereocenters. The average Bonchev–Trinajstić information content (AvgIpc) is 2.64. The fourth-order valence-electron chi connectivity index (χ4n) is 2.91. The van der Waals surface area contributed by atoms with Gasteiger partial charge in [0.2, 0.25) is 11.8 Å². The molecule has 6 nitrogen and oxygen atoms in total. The van der Waals surface area contributed by atoms with Gasteiger partial charge in [-0.25, -0.2) is 4.98 Å². The molecule has 0 spiro atoms. The van der Waals surface area contributed by atoms with Gasteiger partial charge >= 0.3 is 0 Å². The zero-order valence-electron chi connectivity index (χ0n) is 14.5. The van der Waals surface area contributed by atoms with E-state index in [1.165, 1.54) is 5.56 Å². The van der Waals surface area contributed by atoms with Gasteiger partial charge in [0, 0.05) is 18.1 Å². The van der Waals surface area contributed by atoms with Crippen LogP contribution < -0.4 is 10.1 Å². The summed E-state index contributed by atoms with van der Waals surface area (Å²) in [5.41, 5.74) is 2.03. The number of hydrogen-bond donors (Lipinski definition) is 1. The van der Waals surface area contributed by atoms with Crippen molar-refractivity contribution in [3.8, 4) is 5.88 Å². The van der Waals surface area contributed by atoms with Crippen molar-refractivity contribution in [2.24, 2.45) is 5.92 Å². The first-order valence-corrected chi connectivity index (χ1v) is 8.67. The number of ether oxygens (including phenoxy) is 1. The quantitative estimate of drug-likeness (QED) is 0.875. The Hall–Kier alpha value is -2.47. The lowest BCUT2D eigenvalue weighted by atomic mass is 9.98. The van der Waals surface area contributed by atoms with E-state index in [1.807, 2.05) is 31.2 Å². The number of nitrogens with zero attached hydrogens (tertiary/aromatic N) is 3. The van der Waals surface area contributed by atoms with Gasteiger partial charge in [-0.1, -0.05) is 17.7 Å². The van der Waals surface area contributed by atoms with E-state index in [4.69, 9.17) is 4.74 Å². The van der Waals surface area contributed by atoms with Crippen molar-refractivity contribution < 1.29 is 9.53 Å². The minimum Gasteiger partial charge on any atom is -0.476 e. The Labute approximate surface area is 148 Å². The number of hydrogen-bond acceptors (Lipinski definition) is 5. The number of aromatic nitrogens is 2. The molecule has 0 unspecified atom stereocenters. The monoisotopic (exact) mass is 340 g/mol. The molecule has 1 fully saturated rings. The van der Waals surface area contributed by atoms with Crippen molar-refractivity contribution in [1.82, 2.24) is 14.9 Å². The Morgan fingerprint density at radius 2 is 2.00 bits per heavy atom. The van der Waals surface area contributed by atoms with E-state index in [1.54, 1.807) is 18.6 Å². The highest BCUT2D eigenvalue weighted by atomic mass is 16.5. The van der Waals surface area contributed by atoms with E-state index in [2.05, 4.69) is 20.2 Å². The summed E-state index contributed by atoms with van der Waals surface area (Å²) < 4.78 is 5.68. The summed E-state index contributed by atoms with van der Waals surface area (Å²) in [6.07, 6.45) is 6.94. The number of amides is 1. The van der Waals surface area contributed by atoms with Crippen molar-refractivity contribution in [3.05, 3.63) is 48.4 Å². The molecule has 1 saturated heterocycles. The number of aryl methyl sites for hydroxylation is 1. The summed E-state index contributed by atoms with van der Waals surface area (Å²) in [5.74, 6) is 1.11. The highest BCUT2D eigenvalue weighted by molar-refractivity contribution is 5.92. The van der Waals surface area contributed by atoms with E-state index in [-0.39, 0.29) is 5.91 Å². The molecule has 1 aliphatic heterocycles. The van der Waals surface area contributed by atoms with Crippen LogP contribution in [0.25, 0.3) is 0 Å². The average molecular weight is 340 g/mol. The summed E-state index contributed by atoms with van der Waals surface area (Å²) in [7, 11) is 0. The minimum atomic E-state index is 0.0399.